The summed E-state index contributed by atoms with van der Waals surface area (Å²) in [5, 5.41) is 10.3. The fourth-order valence-electron chi connectivity index (χ4n) is 1.72. The molecule has 1 fully saturated rings. The number of rotatable bonds is 1. The van der Waals surface area contributed by atoms with Crippen LogP contribution in [0.3, 0.4) is 0 Å². The summed E-state index contributed by atoms with van der Waals surface area (Å²) in [6, 6.07) is 6.12. The van der Waals surface area contributed by atoms with E-state index in [1.165, 1.54) is 5.56 Å². The third-order valence-electron chi connectivity index (χ3n) is 2.70. The smallest absolute Gasteiger partial charge is 0.0994 e. The van der Waals surface area contributed by atoms with Gasteiger partial charge in [0.1, 0.15) is 0 Å². The van der Waals surface area contributed by atoms with E-state index in [1.54, 1.807) is 0 Å². The summed E-state index contributed by atoms with van der Waals surface area (Å²) < 4.78 is 1.11. The number of thioether (sulfide) groups is 1. The van der Waals surface area contributed by atoms with Crippen molar-refractivity contribution in [3.63, 3.8) is 0 Å². The second-order valence-corrected chi connectivity index (χ2v) is 5.76. The Morgan fingerprint density at radius 1 is 1.50 bits per heavy atom. The van der Waals surface area contributed by atoms with E-state index in [-0.39, 0.29) is 0 Å². The molecule has 1 N–H and O–H groups in total. The minimum atomic E-state index is -0.587. The first kappa shape index (κ1) is 10.5. The molecule has 0 spiro atoms. The van der Waals surface area contributed by atoms with Crippen LogP contribution in [0.5, 0.6) is 0 Å². The summed E-state index contributed by atoms with van der Waals surface area (Å²) in [5.74, 6) is 1.89. The first-order valence-corrected chi connectivity index (χ1v) is 6.63. The van der Waals surface area contributed by atoms with E-state index >= 15 is 0 Å². The SMILES string of the molecule is Cc1cc([C@]2(O)CCSC2)ccc1Br. The number of benzene rings is 1. The molecule has 1 aromatic carbocycles. The predicted molar refractivity (Wildman–Crippen MR) is 64.7 cm³/mol. The van der Waals surface area contributed by atoms with Gasteiger partial charge in [-0.15, -0.1) is 0 Å². The molecule has 1 aromatic rings. The van der Waals surface area contributed by atoms with E-state index in [4.69, 9.17) is 0 Å². The molecule has 3 heteroatoms. The van der Waals surface area contributed by atoms with E-state index in [2.05, 4.69) is 28.9 Å². The molecule has 76 valence electrons. The average molecular weight is 273 g/mol. The summed E-state index contributed by atoms with van der Waals surface area (Å²) in [4.78, 5) is 0. The largest absolute Gasteiger partial charge is 0.384 e. The molecule has 0 amide bonds. The Balaban J connectivity index is 2.36. The molecule has 1 aliphatic rings. The van der Waals surface area contributed by atoms with Crippen LogP contribution in [0.15, 0.2) is 22.7 Å². The first-order chi connectivity index (χ1) is 6.62. The molecule has 1 heterocycles. The van der Waals surface area contributed by atoms with Crippen molar-refractivity contribution in [2.24, 2.45) is 0 Å². The molecule has 14 heavy (non-hydrogen) atoms. The van der Waals surface area contributed by atoms with E-state index in [9.17, 15) is 5.11 Å². The van der Waals surface area contributed by atoms with Crippen LogP contribution in [0, 0.1) is 6.92 Å². The lowest BCUT2D eigenvalue weighted by atomic mass is 9.92. The summed E-state index contributed by atoms with van der Waals surface area (Å²) >= 11 is 5.29. The third-order valence-corrected chi connectivity index (χ3v) is 4.76. The second-order valence-electron chi connectivity index (χ2n) is 3.80. The minimum Gasteiger partial charge on any atom is -0.384 e. The Morgan fingerprint density at radius 3 is 2.86 bits per heavy atom. The summed E-state index contributed by atoms with van der Waals surface area (Å²) in [5.41, 5.74) is 1.66. The molecule has 1 aliphatic heterocycles. The van der Waals surface area contributed by atoms with Gasteiger partial charge in [-0.05, 0) is 36.3 Å². The van der Waals surface area contributed by atoms with E-state index in [1.807, 2.05) is 23.9 Å². The Morgan fingerprint density at radius 2 is 2.29 bits per heavy atom. The van der Waals surface area contributed by atoms with Crippen LogP contribution in [-0.2, 0) is 5.60 Å². The lowest BCUT2D eigenvalue weighted by Crippen LogP contribution is -2.24. The van der Waals surface area contributed by atoms with Crippen molar-refractivity contribution >= 4 is 27.7 Å². The standard InChI is InChI=1S/C11H13BrOS/c1-8-6-9(2-3-10(8)12)11(13)4-5-14-7-11/h2-3,6,13H,4-5,7H2,1H3/t11-/m0/s1. The quantitative estimate of drug-likeness (QED) is 0.848. The van der Waals surface area contributed by atoms with Crippen molar-refractivity contribution in [1.82, 2.24) is 0 Å². The van der Waals surface area contributed by atoms with Crippen molar-refractivity contribution in [2.75, 3.05) is 11.5 Å². The zero-order chi connectivity index (χ0) is 10.2. The molecule has 0 unspecified atom stereocenters. The maximum absolute atomic E-state index is 10.3. The van der Waals surface area contributed by atoms with Crippen LogP contribution in [0.4, 0.5) is 0 Å². The molecular weight excluding hydrogens is 260 g/mol. The number of hydrogen-bond donors (Lipinski definition) is 1. The molecule has 0 saturated carbocycles. The zero-order valence-corrected chi connectivity index (χ0v) is 10.5. The van der Waals surface area contributed by atoms with E-state index in [0.29, 0.717) is 0 Å². The molecule has 0 radical (unpaired) electrons. The van der Waals surface area contributed by atoms with Gasteiger partial charge >= 0.3 is 0 Å². The highest BCUT2D eigenvalue weighted by Crippen LogP contribution is 2.37. The topological polar surface area (TPSA) is 20.2 Å². The molecule has 2 rings (SSSR count). The van der Waals surface area contributed by atoms with Crippen LogP contribution in [0.1, 0.15) is 17.5 Å². The minimum absolute atomic E-state index is 0.587. The van der Waals surface area contributed by atoms with Crippen molar-refractivity contribution in [3.05, 3.63) is 33.8 Å². The number of aliphatic hydroxyl groups is 1. The van der Waals surface area contributed by atoms with E-state index < -0.39 is 5.60 Å². The van der Waals surface area contributed by atoms with Gasteiger partial charge in [-0.1, -0.05) is 28.1 Å². The number of halogens is 1. The Hall–Kier alpha value is 0.01000. The van der Waals surface area contributed by atoms with Crippen molar-refractivity contribution in [1.29, 1.82) is 0 Å². The van der Waals surface area contributed by atoms with Crippen LogP contribution in [0.25, 0.3) is 0 Å². The monoisotopic (exact) mass is 272 g/mol. The summed E-state index contributed by atoms with van der Waals surface area (Å²) in [7, 11) is 0. The highest BCUT2D eigenvalue weighted by atomic mass is 79.9. The van der Waals surface area contributed by atoms with Gasteiger partial charge in [0.15, 0.2) is 0 Å². The fraction of sp³-hybridized carbons (Fsp3) is 0.455. The highest BCUT2D eigenvalue weighted by Gasteiger charge is 2.33. The molecule has 1 nitrogen and oxygen atoms in total. The Labute approximate surface area is 97.0 Å². The Bertz CT molecular complexity index is 345. The van der Waals surface area contributed by atoms with Gasteiger partial charge < -0.3 is 5.11 Å². The van der Waals surface area contributed by atoms with Crippen molar-refractivity contribution in [2.45, 2.75) is 18.9 Å². The summed E-state index contributed by atoms with van der Waals surface area (Å²) in [6.45, 7) is 2.05. The maximum Gasteiger partial charge on any atom is 0.0994 e. The lowest BCUT2D eigenvalue weighted by Gasteiger charge is -2.22. The van der Waals surface area contributed by atoms with Crippen molar-refractivity contribution < 1.29 is 5.11 Å². The second kappa shape index (κ2) is 3.87. The van der Waals surface area contributed by atoms with Gasteiger partial charge in [-0.25, -0.2) is 0 Å². The molecule has 1 atom stereocenters. The average Bonchev–Trinajstić information content (AvgIpc) is 2.58. The zero-order valence-electron chi connectivity index (χ0n) is 8.09. The molecule has 0 aromatic heterocycles. The van der Waals surface area contributed by atoms with Gasteiger partial charge in [0, 0.05) is 10.2 Å². The van der Waals surface area contributed by atoms with E-state index in [0.717, 1.165) is 28.0 Å². The highest BCUT2D eigenvalue weighted by molar-refractivity contribution is 9.10. The molecule has 1 saturated heterocycles. The van der Waals surface area contributed by atoms with Crippen LogP contribution >= 0.6 is 27.7 Å². The number of hydrogen-bond acceptors (Lipinski definition) is 2. The number of aryl methyl sites for hydroxylation is 1. The maximum atomic E-state index is 10.3. The predicted octanol–water partition coefficient (Wildman–Crippen LogP) is 3.08. The fourth-order valence-corrected chi connectivity index (χ4v) is 3.24. The molecule has 0 aliphatic carbocycles. The van der Waals surface area contributed by atoms with Crippen LogP contribution in [-0.4, -0.2) is 16.6 Å². The normalized spacial score (nSPS) is 26.8. The Kier molecular flexibility index (Phi) is 2.91. The van der Waals surface area contributed by atoms with Gasteiger partial charge in [0.2, 0.25) is 0 Å². The van der Waals surface area contributed by atoms with Crippen LogP contribution < -0.4 is 0 Å². The third kappa shape index (κ3) is 1.86. The molecule has 0 bridgehead atoms. The molecular formula is C11H13BrOS. The van der Waals surface area contributed by atoms with Crippen molar-refractivity contribution in [3.8, 4) is 0 Å². The van der Waals surface area contributed by atoms with Gasteiger partial charge in [-0.3, -0.25) is 0 Å². The summed E-state index contributed by atoms with van der Waals surface area (Å²) in [6.07, 6.45) is 0.874. The first-order valence-electron chi connectivity index (χ1n) is 4.69. The van der Waals surface area contributed by atoms with Gasteiger partial charge in [-0.2, -0.15) is 11.8 Å². The van der Waals surface area contributed by atoms with Gasteiger partial charge in [0.25, 0.3) is 0 Å². The van der Waals surface area contributed by atoms with Gasteiger partial charge in [0.05, 0.1) is 5.60 Å². The lowest BCUT2D eigenvalue weighted by molar-refractivity contribution is 0.0657. The van der Waals surface area contributed by atoms with Crippen LogP contribution in [0.2, 0.25) is 0 Å².